The molecule has 0 heterocycles. The van der Waals surface area contributed by atoms with Crippen molar-refractivity contribution >= 4 is 28.6 Å². The summed E-state index contributed by atoms with van der Waals surface area (Å²) in [6, 6.07) is 14.5. The molecule has 0 saturated heterocycles. The number of benzene rings is 2. The van der Waals surface area contributed by atoms with Crippen molar-refractivity contribution in [3.8, 4) is 5.75 Å². The van der Waals surface area contributed by atoms with Crippen molar-refractivity contribution in [3.05, 3.63) is 63.2 Å². The molecule has 20 heavy (non-hydrogen) atoms. The maximum Gasteiger partial charge on any atom is 0.335 e. The van der Waals surface area contributed by atoms with Gasteiger partial charge >= 0.3 is 5.97 Å². The molecule has 0 aliphatic rings. The molecule has 0 amide bonds. The Morgan fingerprint density at radius 1 is 1.15 bits per heavy atom. The number of rotatable bonds is 6. The smallest absolute Gasteiger partial charge is 0.335 e. The van der Waals surface area contributed by atoms with E-state index in [1.165, 1.54) is 6.07 Å². The minimum absolute atomic E-state index is 0.0773. The maximum absolute atomic E-state index is 10.9. The highest BCUT2D eigenvalue weighted by atomic mass is 127. The predicted octanol–water partition coefficient (Wildman–Crippen LogP) is 3.54. The van der Waals surface area contributed by atoms with Gasteiger partial charge in [0, 0.05) is 0 Å². The molecule has 4 nitrogen and oxygen atoms in total. The molecule has 2 rings (SSSR count). The van der Waals surface area contributed by atoms with Gasteiger partial charge in [-0.3, -0.25) is 0 Å². The zero-order chi connectivity index (χ0) is 14.4. The lowest BCUT2D eigenvalue weighted by Crippen LogP contribution is -2.05. The molecular formula is C15H13IO4. The van der Waals surface area contributed by atoms with Gasteiger partial charge in [-0.15, -0.1) is 0 Å². The minimum Gasteiger partial charge on any atom is -0.478 e. The third-order valence-electron chi connectivity index (χ3n) is 2.59. The van der Waals surface area contributed by atoms with Crippen LogP contribution in [0.15, 0.2) is 48.5 Å². The molecule has 0 bridgehead atoms. The number of aromatic carboxylic acids is 1. The Morgan fingerprint density at radius 3 is 2.60 bits per heavy atom. The van der Waals surface area contributed by atoms with Gasteiger partial charge in [-0.25, -0.2) is 4.79 Å². The molecule has 0 aliphatic heterocycles. The first kappa shape index (κ1) is 14.8. The number of carbonyl (C=O) groups is 1. The number of carboxylic acids is 1. The summed E-state index contributed by atoms with van der Waals surface area (Å²) in [5.41, 5.74) is 1.26. The lowest BCUT2D eigenvalue weighted by Gasteiger charge is -2.09. The molecule has 5 heteroatoms. The van der Waals surface area contributed by atoms with E-state index in [1.54, 1.807) is 12.1 Å². The van der Waals surface area contributed by atoms with Gasteiger partial charge in [0.1, 0.15) is 5.75 Å². The van der Waals surface area contributed by atoms with E-state index in [0.29, 0.717) is 12.4 Å². The number of hydrogen-bond donors (Lipinski definition) is 1. The maximum atomic E-state index is 10.9. The van der Waals surface area contributed by atoms with E-state index < -0.39 is 5.97 Å². The molecular weight excluding hydrogens is 371 g/mol. The van der Waals surface area contributed by atoms with Gasteiger partial charge in [0.25, 0.3) is 0 Å². The van der Waals surface area contributed by atoms with Crippen LogP contribution >= 0.6 is 22.6 Å². The molecule has 104 valence electrons. The standard InChI is InChI=1S/C15H13IO4/c16-13-7-6-12(15(17)18)8-14(13)20-10-19-9-11-4-2-1-3-5-11/h1-8H,9-10H2,(H,17,18). The molecule has 2 aromatic rings. The fourth-order valence-corrected chi connectivity index (χ4v) is 2.08. The van der Waals surface area contributed by atoms with Gasteiger partial charge in [-0.05, 0) is 46.4 Å². The van der Waals surface area contributed by atoms with E-state index in [9.17, 15) is 4.79 Å². The van der Waals surface area contributed by atoms with E-state index in [0.717, 1.165) is 9.13 Å². The van der Waals surface area contributed by atoms with E-state index in [4.69, 9.17) is 14.6 Å². The van der Waals surface area contributed by atoms with Crippen molar-refractivity contribution in [1.29, 1.82) is 0 Å². The molecule has 0 aliphatic carbocycles. The van der Waals surface area contributed by atoms with Crippen LogP contribution in [0.2, 0.25) is 0 Å². The highest BCUT2D eigenvalue weighted by Crippen LogP contribution is 2.22. The lowest BCUT2D eigenvalue weighted by atomic mass is 10.2. The van der Waals surface area contributed by atoms with Crippen LogP contribution in [0.5, 0.6) is 5.75 Å². The Hall–Kier alpha value is -1.60. The summed E-state index contributed by atoms with van der Waals surface area (Å²) in [4.78, 5) is 10.9. The van der Waals surface area contributed by atoms with Gasteiger partial charge in [0.2, 0.25) is 0 Å². The predicted molar refractivity (Wildman–Crippen MR) is 82.8 cm³/mol. The average Bonchev–Trinajstić information content (AvgIpc) is 2.46. The SMILES string of the molecule is O=C(O)c1ccc(I)c(OCOCc2ccccc2)c1. The molecule has 0 unspecified atom stereocenters. The molecule has 1 N–H and O–H groups in total. The van der Waals surface area contributed by atoms with Gasteiger partial charge in [-0.2, -0.15) is 0 Å². The van der Waals surface area contributed by atoms with Crippen molar-refractivity contribution in [2.45, 2.75) is 6.61 Å². The summed E-state index contributed by atoms with van der Waals surface area (Å²) < 4.78 is 11.7. The van der Waals surface area contributed by atoms with Crippen LogP contribution < -0.4 is 4.74 Å². The van der Waals surface area contributed by atoms with Crippen molar-refractivity contribution < 1.29 is 19.4 Å². The first-order valence-corrected chi connectivity index (χ1v) is 7.02. The van der Waals surface area contributed by atoms with Crippen LogP contribution in [0.25, 0.3) is 0 Å². The van der Waals surface area contributed by atoms with Crippen LogP contribution in [0.1, 0.15) is 15.9 Å². The first-order chi connectivity index (χ1) is 9.66. The van der Waals surface area contributed by atoms with Crippen molar-refractivity contribution in [1.82, 2.24) is 0 Å². The number of ether oxygens (including phenoxy) is 2. The molecule has 2 aromatic carbocycles. The molecule has 0 spiro atoms. The zero-order valence-electron chi connectivity index (χ0n) is 10.6. The molecule has 0 saturated carbocycles. The zero-order valence-corrected chi connectivity index (χ0v) is 12.7. The Morgan fingerprint density at radius 2 is 1.90 bits per heavy atom. The summed E-state index contributed by atoms with van der Waals surface area (Å²) in [6.45, 7) is 0.532. The normalized spacial score (nSPS) is 10.2. The summed E-state index contributed by atoms with van der Waals surface area (Å²) in [5.74, 6) is -0.463. The van der Waals surface area contributed by atoms with Gasteiger partial charge < -0.3 is 14.6 Å². The van der Waals surface area contributed by atoms with E-state index in [-0.39, 0.29) is 12.4 Å². The third-order valence-corrected chi connectivity index (χ3v) is 3.48. The quantitative estimate of drug-likeness (QED) is 0.470. The second-order valence-electron chi connectivity index (χ2n) is 4.05. The Labute approximate surface area is 130 Å². The summed E-state index contributed by atoms with van der Waals surface area (Å²) in [7, 11) is 0. The second-order valence-corrected chi connectivity index (χ2v) is 5.21. The molecule has 0 aromatic heterocycles. The second kappa shape index (κ2) is 7.25. The number of halogens is 1. The van der Waals surface area contributed by atoms with Gasteiger partial charge in [0.05, 0.1) is 15.7 Å². The Bertz CT molecular complexity index is 584. The third kappa shape index (κ3) is 4.21. The largest absolute Gasteiger partial charge is 0.478 e. The Kier molecular flexibility index (Phi) is 5.37. The van der Waals surface area contributed by atoms with Crippen molar-refractivity contribution in [3.63, 3.8) is 0 Å². The van der Waals surface area contributed by atoms with Gasteiger partial charge in [0.15, 0.2) is 6.79 Å². The Balaban J connectivity index is 1.88. The molecule has 0 fully saturated rings. The van der Waals surface area contributed by atoms with Crippen LogP contribution in [0, 0.1) is 3.57 Å². The fraction of sp³-hybridized carbons (Fsp3) is 0.133. The first-order valence-electron chi connectivity index (χ1n) is 5.94. The summed E-state index contributed by atoms with van der Waals surface area (Å²) in [5, 5.41) is 8.93. The van der Waals surface area contributed by atoms with Crippen molar-refractivity contribution in [2.24, 2.45) is 0 Å². The van der Waals surface area contributed by atoms with Crippen molar-refractivity contribution in [2.75, 3.05) is 6.79 Å². The number of hydrogen-bond acceptors (Lipinski definition) is 3. The van der Waals surface area contributed by atoms with Crippen LogP contribution in [-0.2, 0) is 11.3 Å². The average molecular weight is 384 g/mol. The van der Waals surface area contributed by atoms with Crippen LogP contribution in [0.3, 0.4) is 0 Å². The summed E-state index contributed by atoms with van der Waals surface area (Å²) in [6.07, 6.45) is 0. The molecule has 0 atom stereocenters. The van der Waals surface area contributed by atoms with E-state index in [2.05, 4.69) is 22.6 Å². The summed E-state index contributed by atoms with van der Waals surface area (Å²) >= 11 is 2.09. The highest BCUT2D eigenvalue weighted by Gasteiger charge is 2.07. The number of carboxylic acid groups (broad SMARTS) is 1. The fourth-order valence-electron chi connectivity index (χ4n) is 1.59. The van der Waals surface area contributed by atoms with E-state index in [1.807, 2.05) is 30.3 Å². The van der Waals surface area contributed by atoms with Gasteiger partial charge in [-0.1, -0.05) is 30.3 Å². The monoisotopic (exact) mass is 384 g/mol. The van der Waals surface area contributed by atoms with E-state index >= 15 is 0 Å². The topological polar surface area (TPSA) is 55.8 Å². The highest BCUT2D eigenvalue weighted by molar-refractivity contribution is 14.1. The lowest BCUT2D eigenvalue weighted by molar-refractivity contribution is 0.00449. The van der Waals surface area contributed by atoms with Crippen LogP contribution in [-0.4, -0.2) is 17.9 Å². The minimum atomic E-state index is -0.976. The molecule has 0 radical (unpaired) electrons. The van der Waals surface area contributed by atoms with Crippen LogP contribution in [0.4, 0.5) is 0 Å².